The zero-order chi connectivity index (χ0) is 30.0. The SMILES string of the molecule is CC(C1CCCN1C)n1ncc2c(=O)[nH]c(-c3noc4c3CCCC43CCCc4sc(NCc5ccc[nH]5)c(C#N)c43)nc21. The third-order valence-electron chi connectivity index (χ3n) is 10.1. The molecule has 8 rings (SSSR count). The molecule has 1 fully saturated rings. The van der Waals surface area contributed by atoms with E-state index in [1.165, 1.54) is 4.88 Å². The minimum Gasteiger partial charge on any atom is -0.370 e. The summed E-state index contributed by atoms with van der Waals surface area (Å²) < 4.78 is 8.15. The Morgan fingerprint density at radius 3 is 2.93 bits per heavy atom. The minimum absolute atomic E-state index is 0.0695. The van der Waals surface area contributed by atoms with Gasteiger partial charge in [-0.3, -0.25) is 4.79 Å². The molecule has 0 aromatic carbocycles. The fourth-order valence-electron chi connectivity index (χ4n) is 8.04. The highest BCUT2D eigenvalue weighted by molar-refractivity contribution is 7.16. The Morgan fingerprint density at radius 1 is 1.30 bits per heavy atom. The summed E-state index contributed by atoms with van der Waals surface area (Å²) >= 11 is 1.69. The lowest BCUT2D eigenvalue weighted by Crippen LogP contribution is -2.35. The van der Waals surface area contributed by atoms with E-state index in [9.17, 15) is 10.1 Å². The highest BCUT2D eigenvalue weighted by atomic mass is 32.1. The van der Waals surface area contributed by atoms with Crippen LogP contribution in [-0.2, 0) is 24.8 Å². The molecule has 44 heavy (non-hydrogen) atoms. The number of nitriles is 1. The molecular formula is C32H35N9O2S. The normalized spacial score (nSPS) is 22.2. The Labute approximate surface area is 258 Å². The third kappa shape index (κ3) is 4.09. The zero-order valence-electron chi connectivity index (χ0n) is 24.9. The van der Waals surface area contributed by atoms with Gasteiger partial charge in [0.1, 0.15) is 16.5 Å². The van der Waals surface area contributed by atoms with Crippen LogP contribution in [0.5, 0.6) is 0 Å². The van der Waals surface area contributed by atoms with Crippen LogP contribution in [0.3, 0.4) is 0 Å². The molecule has 226 valence electrons. The quantitative estimate of drug-likeness (QED) is 0.236. The van der Waals surface area contributed by atoms with E-state index in [-0.39, 0.29) is 11.6 Å². The van der Waals surface area contributed by atoms with Crippen LogP contribution >= 0.6 is 11.3 Å². The molecule has 1 saturated heterocycles. The first-order chi connectivity index (χ1) is 21.5. The van der Waals surface area contributed by atoms with Crippen molar-refractivity contribution in [2.45, 2.75) is 82.3 Å². The van der Waals surface area contributed by atoms with Gasteiger partial charge in [0, 0.05) is 28.4 Å². The summed E-state index contributed by atoms with van der Waals surface area (Å²) in [7, 11) is 2.14. The average Bonchev–Trinajstić information content (AvgIpc) is 3.85. The molecule has 0 saturated carbocycles. The number of aromatic amines is 2. The molecule has 12 heteroatoms. The van der Waals surface area contributed by atoms with Crippen LogP contribution in [-0.4, -0.2) is 54.4 Å². The van der Waals surface area contributed by atoms with E-state index >= 15 is 0 Å². The molecule has 5 aromatic rings. The van der Waals surface area contributed by atoms with E-state index in [1.807, 2.05) is 23.0 Å². The van der Waals surface area contributed by atoms with Crippen molar-refractivity contribution in [1.82, 2.24) is 34.8 Å². The molecule has 0 amide bonds. The first kappa shape index (κ1) is 27.3. The summed E-state index contributed by atoms with van der Waals surface area (Å²) in [6, 6.07) is 6.96. The van der Waals surface area contributed by atoms with Gasteiger partial charge in [-0.2, -0.15) is 10.4 Å². The number of hydrogen-bond acceptors (Lipinski definition) is 9. The van der Waals surface area contributed by atoms with Gasteiger partial charge in [-0.1, -0.05) is 5.16 Å². The molecule has 2 aliphatic carbocycles. The third-order valence-corrected chi connectivity index (χ3v) is 11.3. The maximum absolute atomic E-state index is 13.3. The zero-order valence-corrected chi connectivity index (χ0v) is 25.8. The van der Waals surface area contributed by atoms with Crippen molar-refractivity contribution in [1.29, 1.82) is 5.26 Å². The molecule has 3 aliphatic rings. The lowest BCUT2D eigenvalue weighted by atomic mass is 9.63. The molecule has 0 bridgehead atoms. The number of fused-ring (bicyclic) bond motifs is 5. The van der Waals surface area contributed by atoms with Gasteiger partial charge in [-0.25, -0.2) is 9.67 Å². The lowest BCUT2D eigenvalue weighted by molar-refractivity contribution is 0.232. The van der Waals surface area contributed by atoms with Gasteiger partial charge in [0.15, 0.2) is 22.9 Å². The number of H-pyrrole nitrogens is 2. The summed E-state index contributed by atoms with van der Waals surface area (Å²) in [5, 5.41) is 24.5. The molecule has 3 unspecified atom stereocenters. The number of thiophene rings is 1. The molecule has 6 heterocycles. The number of likely N-dealkylation sites (N-methyl/N-ethyl adjacent to an activating group) is 1. The number of anilines is 1. The fraction of sp³-hybridized carbons (Fsp3) is 0.469. The maximum Gasteiger partial charge on any atom is 0.262 e. The number of nitrogens with zero attached hydrogens (tertiary/aromatic N) is 6. The van der Waals surface area contributed by atoms with Gasteiger partial charge in [0.05, 0.1) is 29.8 Å². The van der Waals surface area contributed by atoms with Crippen molar-refractivity contribution in [3.8, 4) is 17.6 Å². The summed E-state index contributed by atoms with van der Waals surface area (Å²) in [5.41, 5.74) is 4.37. The van der Waals surface area contributed by atoms with Gasteiger partial charge < -0.3 is 24.7 Å². The number of likely N-dealkylation sites (tertiary alicyclic amines) is 1. The molecule has 0 radical (unpaired) electrons. The monoisotopic (exact) mass is 609 g/mol. The van der Waals surface area contributed by atoms with Crippen LogP contribution in [0.25, 0.3) is 22.6 Å². The predicted molar refractivity (Wildman–Crippen MR) is 168 cm³/mol. The summed E-state index contributed by atoms with van der Waals surface area (Å²) in [5.74, 6) is 1.23. The second-order valence-corrected chi connectivity index (χ2v) is 13.7. The van der Waals surface area contributed by atoms with Crippen LogP contribution in [0.1, 0.15) is 84.5 Å². The van der Waals surface area contributed by atoms with Crippen LogP contribution in [0.4, 0.5) is 5.00 Å². The van der Waals surface area contributed by atoms with Crippen molar-refractivity contribution in [3.05, 3.63) is 67.9 Å². The van der Waals surface area contributed by atoms with Crippen molar-refractivity contribution >= 4 is 27.4 Å². The van der Waals surface area contributed by atoms with Crippen molar-refractivity contribution in [3.63, 3.8) is 0 Å². The molecule has 5 aromatic heterocycles. The predicted octanol–water partition coefficient (Wildman–Crippen LogP) is 5.26. The second kappa shape index (κ2) is 10.5. The summed E-state index contributed by atoms with van der Waals surface area (Å²) in [4.78, 5) is 28.1. The Kier molecular flexibility index (Phi) is 6.50. The average molecular weight is 610 g/mol. The lowest BCUT2D eigenvalue weighted by Gasteiger charge is -2.39. The highest BCUT2D eigenvalue weighted by Gasteiger charge is 2.49. The Morgan fingerprint density at radius 2 is 2.16 bits per heavy atom. The fourth-order valence-corrected chi connectivity index (χ4v) is 9.32. The molecule has 3 atom stereocenters. The Balaban J connectivity index is 1.20. The van der Waals surface area contributed by atoms with Gasteiger partial charge in [-0.15, -0.1) is 11.3 Å². The smallest absolute Gasteiger partial charge is 0.262 e. The molecular weight excluding hydrogens is 574 g/mol. The van der Waals surface area contributed by atoms with Gasteiger partial charge in [-0.05, 0) is 89.6 Å². The molecule has 11 nitrogen and oxygen atoms in total. The second-order valence-electron chi connectivity index (χ2n) is 12.6. The van der Waals surface area contributed by atoms with E-state index in [0.717, 1.165) is 85.5 Å². The van der Waals surface area contributed by atoms with Crippen molar-refractivity contribution in [2.75, 3.05) is 18.9 Å². The Bertz CT molecular complexity index is 1950. The topological polar surface area (TPSA) is 144 Å². The molecule has 1 spiro atoms. The summed E-state index contributed by atoms with van der Waals surface area (Å²) in [6.45, 7) is 3.84. The van der Waals surface area contributed by atoms with Gasteiger partial charge in [0.25, 0.3) is 5.56 Å². The van der Waals surface area contributed by atoms with E-state index < -0.39 is 5.41 Å². The number of rotatable bonds is 6. The van der Waals surface area contributed by atoms with Crippen molar-refractivity contribution in [2.24, 2.45) is 0 Å². The first-order valence-corrected chi connectivity index (χ1v) is 16.4. The number of aryl methyl sites for hydroxylation is 1. The minimum atomic E-state index is -0.423. The number of nitrogens with one attached hydrogen (secondary N) is 3. The van der Waals surface area contributed by atoms with Gasteiger partial charge in [0.2, 0.25) is 0 Å². The van der Waals surface area contributed by atoms with E-state index in [1.54, 1.807) is 17.5 Å². The molecule has 1 aliphatic heterocycles. The number of hydrogen-bond donors (Lipinski definition) is 3. The van der Waals surface area contributed by atoms with Crippen LogP contribution in [0.2, 0.25) is 0 Å². The summed E-state index contributed by atoms with van der Waals surface area (Å²) in [6.07, 6.45) is 11.2. The van der Waals surface area contributed by atoms with Crippen LogP contribution in [0, 0.1) is 11.3 Å². The highest BCUT2D eigenvalue weighted by Crippen LogP contribution is 2.55. The van der Waals surface area contributed by atoms with Gasteiger partial charge >= 0.3 is 0 Å². The standard InChI is InChI=1S/C32H35N9O2S/c1-18(23-9-6-14-40(23)2)41-29-22(17-36-41)30(42)38-28(37-29)26-20-8-3-11-32(27(20)43-39-26)12-4-10-24-25(32)21(15-33)31(44-24)35-16-19-7-5-13-34-19/h5,7,13,17-18,23,34-35H,3-4,6,8-12,14,16H2,1-2H3,(H,37,38,42). The molecule has 3 N–H and O–H groups in total. The van der Waals surface area contributed by atoms with E-state index in [4.69, 9.17) is 9.51 Å². The first-order valence-electron chi connectivity index (χ1n) is 15.6. The van der Waals surface area contributed by atoms with E-state index in [2.05, 4.69) is 50.5 Å². The van der Waals surface area contributed by atoms with E-state index in [0.29, 0.717) is 40.7 Å². The van der Waals surface area contributed by atoms with Crippen LogP contribution in [0.15, 0.2) is 33.8 Å². The Hall–Kier alpha value is -4.21. The number of aromatic nitrogens is 6. The van der Waals surface area contributed by atoms with Crippen LogP contribution < -0.4 is 10.9 Å². The largest absolute Gasteiger partial charge is 0.370 e. The maximum atomic E-state index is 13.3. The van der Waals surface area contributed by atoms with Crippen molar-refractivity contribution < 1.29 is 4.52 Å².